The summed E-state index contributed by atoms with van der Waals surface area (Å²) in [7, 11) is 0. The maximum absolute atomic E-state index is 3.86. The second-order valence-electron chi connectivity index (χ2n) is 11.1. The molecule has 7 rings (SSSR count). The van der Waals surface area contributed by atoms with Crippen molar-refractivity contribution in [3.8, 4) is 44.5 Å². The van der Waals surface area contributed by atoms with Crippen LogP contribution in [0.15, 0.2) is 189 Å². The zero-order chi connectivity index (χ0) is 30.4. The van der Waals surface area contributed by atoms with Crippen LogP contribution in [0.25, 0.3) is 50.6 Å². The van der Waals surface area contributed by atoms with Gasteiger partial charge in [0.15, 0.2) is 0 Å². The van der Waals surface area contributed by atoms with Gasteiger partial charge in [-0.2, -0.15) is 0 Å². The van der Waals surface area contributed by atoms with Crippen molar-refractivity contribution in [1.82, 2.24) is 0 Å². The number of rotatable bonds is 8. The molecule has 0 saturated heterocycles. The fraction of sp³-hybridized carbons (Fsp3) is 0. The largest absolute Gasteiger partial charge is 0.311 e. The number of anilines is 3. The second-order valence-corrected chi connectivity index (χ2v) is 11.1. The van der Waals surface area contributed by atoms with Gasteiger partial charge in [0.2, 0.25) is 0 Å². The summed E-state index contributed by atoms with van der Waals surface area (Å²) in [5.41, 5.74) is 14.1. The first-order valence-corrected chi connectivity index (χ1v) is 15.3. The van der Waals surface area contributed by atoms with Crippen LogP contribution in [0.1, 0.15) is 5.56 Å². The summed E-state index contributed by atoms with van der Waals surface area (Å²) < 4.78 is 0. The Bertz CT molecular complexity index is 1910. The molecule has 0 amide bonds. The molecule has 0 atom stereocenters. The van der Waals surface area contributed by atoms with Gasteiger partial charge < -0.3 is 4.90 Å². The molecule has 45 heavy (non-hydrogen) atoms. The Morgan fingerprint density at radius 2 is 0.533 bits per heavy atom. The van der Waals surface area contributed by atoms with Crippen molar-refractivity contribution in [2.24, 2.45) is 0 Å². The Hall–Kier alpha value is -5.92. The lowest BCUT2D eigenvalue weighted by Gasteiger charge is -2.26. The molecule has 0 unspecified atom stereocenters. The van der Waals surface area contributed by atoms with Crippen molar-refractivity contribution in [2.75, 3.05) is 4.90 Å². The third-order valence-electron chi connectivity index (χ3n) is 8.29. The molecule has 7 aromatic carbocycles. The minimum Gasteiger partial charge on any atom is -0.311 e. The average Bonchev–Trinajstić information content (AvgIpc) is 3.13. The first-order chi connectivity index (χ1) is 22.2. The predicted molar refractivity (Wildman–Crippen MR) is 193 cm³/mol. The summed E-state index contributed by atoms with van der Waals surface area (Å²) >= 11 is 0. The van der Waals surface area contributed by atoms with Crippen molar-refractivity contribution >= 4 is 23.1 Å². The van der Waals surface area contributed by atoms with Crippen molar-refractivity contribution in [2.45, 2.75) is 0 Å². The molecule has 0 aliphatic rings. The van der Waals surface area contributed by atoms with Gasteiger partial charge in [-0.25, -0.2) is 0 Å². The highest BCUT2D eigenvalue weighted by molar-refractivity contribution is 5.81. The zero-order valence-corrected chi connectivity index (χ0v) is 25.1. The maximum Gasteiger partial charge on any atom is 0.0462 e. The molecular weight excluding hydrogens is 542 g/mol. The van der Waals surface area contributed by atoms with Crippen LogP contribution in [0.5, 0.6) is 0 Å². The minimum atomic E-state index is 1.11. The van der Waals surface area contributed by atoms with E-state index in [4.69, 9.17) is 0 Å². The monoisotopic (exact) mass is 575 g/mol. The molecule has 0 fully saturated rings. The molecule has 0 bridgehead atoms. The quantitative estimate of drug-likeness (QED) is 0.174. The molecule has 214 valence electrons. The van der Waals surface area contributed by atoms with Crippen molar-refractivity contribution in [3.63, 3.8) is 0 Å². The third kappa shape index (κ3) is 6.11. The Labute approximate surface area is 266 Å². The summed E-state index contributed by atoms with van der Waals surface area (Å²) in [4.78, 5) is 2.32. The normalized spacial score (nSPS) is 10.8. The van der Waals surface area contributed by atoms with Gasteiger partial charge in [-0.3, -0.25) is 0 Å². The number of hydrogen-bond donors (Lipinski definition) is 0. The van der Waals surface area contributed by atoms with E-state index in [0.29, 0.717) is 0 Å². The fourth-order valence-corrected chi connectivity index (χ4v) is 5.78. The summed E-state index contributed by atoms with van der Waals surface area (Å²) in [6.45, 7) is 3.86. The molecule has 0 aliphatic carbocycles. The first-order valence-electron chi connectivity index (χ1n) is 15.3. The van der Waals surface area contributed by atoms with E-state index in [1.807, 2.05) is 6.08 Å². The number of benzene rings is 7. The van der Waals surface area contributed by atoms with Gasteiger partial charge in [-0.05, 0) is 86.5 Å². The van der Waals surface area contributed by atoms with E-state index in [9.17, 15) is 0 Å². The van der Waals surface area contributed by atoms with Crippen LogP contribution in [0.3, 0.4) is 0 Å². The van der Waals surface area contributed by atoms with E-state index in [2.05, 4.69) is 193 Å². The summed E-state index contributed by atoms with van der Waals surface area (Å²) in [6.07, 6.45) is 1.87. The van der Waals surface area contributed by atoms with E-state index in [1.165, 1.54) is 44.5 Å². The lowest BCUT2D eigenvalue weighted by atomic mass is 9.99. The molecule has 7 aromatic rings. The Balaban J connectivity index is 1.20. The van der Waals surface area contributed by atoms with E-state index in [-0.39, 0.29) is 0 Å². The molecule has 1 heteroatoms. The molecule has 0 N–H and O–H groups in total. The minimum absolute atomic E-state index is 1.11. The zero-order valence-electron chi connectivity index (χ0n) is 25.1. The van der Waals surface area contributed by atoms with Crippen molar-refractivity contribution in [3.05, 3.63) is 194 Å². The second kappa shape index (κ2) is 12.8. The van der Waals surface area contributed by atoms with E-state index < -0.39 is 0 Å². The summed E-state index contributed by atoms with van der Waals surface area (Å²) in [5, 5.41) is 0. The van der Waals surface area contributed by atoms with Crippen molar-refractivity contribution < 1.29 is 0 Å². The van der Waals surface area contributed by atoms with Crippen LogP contribution in [0, 0.1) is 0 Å². The molecular formula is C44H33N. The highest BCUT2D eigenvalue weighted by Gasteiger charge is 2.14. The van der Waals surface area contributed by atoms with Crippen LogP contribution in [-0.4, -0.2) is 0 Å². The summed E-state index contributed by atoms with van der Waals surface area (Å²) in [6, 6.07) is 64.9. The van der Waals surface area contributed by atoms with Gasteiger partial charge in [-0.1, -0.05) is 158 Å². The Morgan fingerprint density at radius 3 is 0.822 bits per heavy atom. The molecule has 0 radical (unpaired) electrons. The molecule has 1 nitrogen and oxygen atoms in total. The van der Waals surface area contributed by atoms with Crippen LogP contribution in [0.2, 0.25) is 0 Å². The van der Waals surface area contributed by atoms with E-state index >= 15 is 0 Å². The van der Waals surface area contributed by atoms with E-state index in [0.717, 1.165) is 22.6 Å². The number of hydrogen-bond acceptors (Lipinski definition) is 1. The van der Waals surface area contributed by atoms with Crippen LogP contribution < -0.4 is 4.90 Å². The fourth-order valence-electron chi connectivity index (χ4n) is 5.78. The van der Waals surface area contributed by atoms with Crippen LogP contribution in [0.4, 0.5) is 17.1 Å². The van der Waals surface area contributed by atoms with Gasteiger partial charge in [0.1, 0.15) is 0 Å². The molecule has 0 aliphatic heterocycles. The SMILES string of the molecule is C=Cc1ccc(-c2ccc(-c3ccc(N(c4ccc(-c5ccccc5)cc4)c4ccc(-c5ccccc5)cc4)cc3)cc2)cc1. The van der Waals surface area contributed by atoms with Crippen LogP contribution >= 0.6 is 0 Å². The average molecular weight is 576 g/mol. The van der Waals surface area contributed by atoms with E-state index in [1.54, 1.807) is 0 Å². The smallest absolute Gasteiger partial charge is 0.0462 e. The summed E-state index contributed by atoms with van der Waals surface area (Å²) in [5.74, 6) is 0. The van der Waals surface area contributed by atoms with Gasteiger partial charge in [0.05, 0.1) is 0 Å². The lowest BCUT2D eigenvalue weighted by molar-refractivity contribution is 1.28. The van der Waals surface area contributed by atoms with Gasteiger partial charge in [0.25, 0.3) is 0 Å². The molecule has 0 aromatic heterocycles. The Kier molecular flexibility index (Phi) is 7.90. The standard InChI is InChI=1S/C44H33N/c1-2-33-13-15-36(16-14-33)37-17-19-38(20-18-37)41-25-31-44(32-26-41)45(42-27-21-39(22-28-42)34-9-5-3-6-10-34)43-29-23-40(24-30-43)35-11-7-4-8-12-35/h2-32H,1H2. The van der Waals surface area contributed by atoms with Crippen molar-refractivity contribution in [1.29, 1.82) is 0 Å². The Morgan fingerprint density at radius 1 is 0.289 bits per heavy atom. The number of nitrogens with zero attached hydrogens (tertiary/aromatic N) is 1. The molecule has 0 spiro atoms. The predicted octanol–water partition coefficient (Wildman–Crippen LogP) is 12.5. The molecule has 0 heterocycles. The molecule has 0 saturated carbocycles. The highest BCUT2D eigenvalue weighted by atomic mass is 15.1. The highest BCUT2D eigenvalue weighted by Crippen LogP contribution is 2.38. The topological polar surface area (TPSA) is 3.24 Å². The van der Waals surface area contributed by atoms with Gasteiger partial charge in [-0.15, -0.1) is 0 Å². The van der Waals surface area contributed by atoms with Gasteiger partial charge >= 0.3 is 0 Å². The first kappa shape index (κ1) is 27.9. The maximum atomic E-state index is 3.86. The lowest BCUT2D eigenvalue weighted by Crippen LogP contribution is -2.09. The van der Waals surface area contributed by atoms with Gasteiger partial charge in [0, 0.05) is 17.1 Å². The third-order valence-corrected chi connectivity index (χ3v) is 8.29. The van der Waals surface area contributed by atoms with Crippen LogP contribution in [-0.2, 0) is 0 Å².